The normalized spacial score (nSPS) is 13.2. The van der Waals surface area contributed by atoms with Crippen molar-refractivity contribution < 1.29 is 10.2 Å². The quantitative estimate of drug-likeness (QED) is 0.676. The summed E-state index contributed by atoms with van der Waals surface area (Å²) in [4.78, 5) is 3.94. The molecule has 0 spiro atoms. The molecule has 4 nitrogen and oxygen atoms in total. The molecule has 0 bridgehead atoms. The lowest BCUT2D eigenvalue weighted by atomic mass is 10.3. The van der Waals surface area contributed by atoms with Gasteiger partial charge in [-0.2, -0.15) is 0 Å². The average molecular weight is 170 g/mol. The summed E-state index contributed by atoms with van der Waals surface area (Å²) in [6.45, 7) is 2.40. The Hall–Kier alpha value is -0.870. The smallest absolute Gasteiger partial charge is 0.134 e. The second kappa shape index (κ2) is 4.23. The third kappa shape index (κ3) is 2.32. The Bertz CT molecular complexity index is 233. The molecule has 4 heteroatoms. The molecule has 0 aliphatic heterocycles. The first kappa shape index (κ1) is 9.22. The molecular weight excluding hydrogens is 156 g/mol. The lowest BCUT2D eigenvalue weighted by Gasteiger charge is -2.07. The largest absolute Gasteiger partial charge is 0.393 e. The van der Waals surface area contributed by atoms with Gasteiger partial charge in [-0.05, 0) is 13.3 Å². The lowest BCUT2D eigenvalue weighted by molar-refractivity contribution is 0.176. The molecule has 1 atom stereocenters. The van der Waals surface area contributed by atoms with Crippen LogP contribution in [-0.4, -0.2) is 25.9 Å². The Morgan fingerprint density at radius 1 is 1.67 bits per heavy atom. The number of rotatable bonds is 4. The first-order valence-corrected chi connectivity index (χ1v) is 4.03. The van der Waals surface area contributed by atoms with Crippen molar-refractivity contribution in [3.8, 4) is 0 Å². The minimum atomic E-state index is -0.307. The summed E-state index contributed by atoms with van der Waals surface area (Å²) in [6.07, 6.45) is 3.82. The highest BCUT2D eigenvalue weighted by molar-refractivity contribution is 4.89. The molecule has 1 heterocycles. The molecule has 0 radical (unpaired) electrons. The fourth-order valence-electron chi connectivity index (χ4n) is 1.02. The molecule has 0 aliphatic rings. The van der Waals surface area contributed by atoms with Crippen molar-refractivity contribution in [3.05, 3.63) is 18.2 Å². The highest BCUT2D eigenvalue weighted by Gasteiger charge is 2.01. The Kier molecular flexibility index (Phi) is 3.25. The van der Waals surface area contributed by atoms with Crippen LogP contribution < -0.4 is 0 Å². The van der Waals surface area contributed by atoms with E-state index in [9.17, 15) is 0 Å². The molecular formula is C8H14N2O2. The summed E-state index contributed by atoms with van der Waals surface area (Å²) < 4.78 is 1.84. The molecule has 0 saturated carbocycles. The van der Waals surface area contributed by atoms with Gasteiger partial charge in [0.15, 0.2) is 0 Å². The third-order valence-corrected chi connectivity index (χ3v) is 1.73. The molecule has 2 N–H and O–H groups in total. The van der Waals surface area contributed by atoms with Crippen molar-refractivity contribution in [3.63, 3.8) is 0 Å². The predicted octanol–water partition coefficient (Wildman–Crippen LogP) is 0.146. The number of imidazole rings is 1. The number of aliphatic hydroxyl groups is 2. The maximum absolute atomic E-state index is 9.02. The molecule has 68 valence electrons. The maximum Gasteiger partial charge on any atom is 0.134 e. The van der Waals surface area contributed by atoms with E-state index >= 15 is 0 Å². The molecule has 0 aliphatic carbocycles. The zero-order chi connectivity index (χ0) is 8.97. The Morgan fingerprint density at radius 2 is 2.42 bits per heavy atom. The first-order valence-electron chi connectivity index (χ1n) is 4.03. The molecule has 1 aromatic heterocycles. The standard InChI is InChI=1S/C8H14N2O2/c1-7(12)2-4-10-5-3-9-8(10)6-11/h3,5,7,11-12H,2,4,6H2,1H3. The summed E-state index contributed by atoms with van der Waals surface area (Å²) in [5.41, 5.74) is 0. The number of hydrogen-bond donors (Lipinski definition) is 2. The minimum Gasteiger partial charge on any atom is -0.393 e. The van der Waals surface area contributed by atoms with Gasteiger partial charge < -0.3 is 14.8 Å². The van der Waals surface area contributed by atoms with E-state index in [1.54, 1.807) is 19.3 Å². The number of hydrogen-bond acceptors (Lipinski definition) is 3. The SMILES string of the molecule is CC(O)CCn1ccnc1CO. The van der Waals surface area contributed by atoms with E-state index in [2.05, 4.69) is 4.98 Å². The van der Waals surface area contributed by atoms with Crippen LogP contribution in [0.4, 0.5) is 0 Å². The van der Waals surface area contributed by atoms with Gasteiger partial charge in [0.25, 0.3) is 0 Å². The number of aryl methyl sites for hydroxylation is 1. The van der Waals surface area contributed by atoms with Gasteiger partial charge in [0.1, 0.15) is 12.4 Å². The molecule has 1 unspecified atom stereocenters. The van der Waals surface area contributed by atoms with Gasteiger partial charge in [-0.3, -0.25) is 0 Å². The monoisotopic (exact) mass is 170 g/mol. The topological polar surface area (TPSA) is 58.3 Å². The van der Waals surface area contributed by atoms with Crippen LogP contribution in [0, 0.1) is 0 Å². The van der Waals surface area contributed by atoms with Gasteiger partial charge in [0, 0.05) is 18.9 Å². The fourth-order valence-corrected chi connectivity index (χ4v) is 1.02. The van der Waals surface area contributed by atoms with E-state index in [4.69, 9.17) is 10.2 Å². The molecule has 0 aromatic carbocycles. The average Bonchev–Trinajstić information content (AvgIpc) is 2.47. The highest BCUT2D eigenvalue weighted by atomic mass is 16.3. The molecule has 12 heavy (non-hydrogen) atoms. The Labute approximate surface area is 71.5 Å². The van der Waals surface area contributed by atoms with Gasteiger partial charge in [-0.15, -0.1) is 0 Å². The van der Waals surface area contributed by atoms with Crippen molar-refractivity contribution in [1.29, 1.82) is 0 Å². The van der Waals surface area contributed by atoms with Crippen molar-refractivity contribution in [2.75, 3.05) is 0 Å². The number of aliphatic hydroxyl groups excluding tert-OH is 2. The van der Waals surface area contributed by atoms with Crippen LogP contribution in [0.1, 0.15) is 19.2 Å². The van der Waals surface area contributed by atoms with Crippen molar-refractivity contribution in [2.24, 2.45) is 0 Å². The second-order valence-corrected chi connectivity index (χ2v) is 2.83. The van der Waals surface area contributed by atoms with Gasteiger partial charge in [-0.25, -0.2) is 4.98 Å². The van der Waals surface area contributed by atoms with Crippen LogP contribution in [0.3, 0.4) is 0 Å². The van der Waals surface area contributed by atoms with Crippen molar-refractivity contribution in [1.82, 2.24) is 9.55 Å². The number of aromatic nitrogens is 2. The molecule has 1 aromatic rings. The summed E-state index contributed by atoms with van der Waals surface area (Å²) in [7, 11) is 0. The maximum atomic E-state index is 9.02. The molecule has 1 rings (SSSR count). The van der Waals surface area contributed by atoms with Crippen LogP contribution in [0.5, 0.6) is 0 Å². The van der Waals surface area contributed by atoms with E-state index in [1.807, 2.05) is 4.57 Å². The first-order chi connectivity index (χ1) is 5.74. The van der Waals surface area contributed by atoms with E-state index in [0.29, 0.717) is 18.8 Å². The Morgan fingerprint density at radius 3 is 3.00 bits per heavy atom. The van der Waals surface area contributed by atoms with Crippen LogP contribution in [0.25, 0.3) is 0 Å². The summed E-state index contributed by atoms with van der Waals surface area (Å²) in [5, 5.41) is 17.8. The van der Waals surface area contributed by atoms with Crippen LogP contribution in [0.2, 0.25) is 0 Å². The van der Waals surface area contributed by atoms with Gasteiger partial charge in [0.05, 0.1) is 6.10 Å². The van der Waals surface area contributed by atoms with Gasteiger partial charge in [0.2, 0.25) is 0 Å². The Balaban J connectivity index is 2.50. The van der Waals surface area contributed by atoms with Crippen molar-refractivity contribution in [2.45, 2.75) is 32.6 Å². The molecule has 0 saturated heterocycles. The van der Waals surface area contributed by atoms with E-state index < -0.39 is 0 Å². The van der Waals surface area contributed by atoms with Gasteiger partial charge in [-0.1, -0.05) is 0 Å². The van der Waals surface area contributed by atoms with Crippen LogP contribution in [0.15, 0.2) is 12.4 Å². The second-order valence-electron chi connectivity index (χ2n) is 2.83. The molecule has 0 amide bonds. The minimum absolute atomic E-state index is 0.0488. The fraction of sp³-hybridized carbons (Fsp3) is 0.625. The van der Waals surface area contributed by atoms with Crippen LogP contribution in [-0.2, 0) is 13.2 Å². The number of nitrogens with zero attached hydrogens (tertiary/aromatic N) is 2. The lowest BCUT2D eigenvalue weighted by Crippen LogP contribution is -2.09. The molecule has 0 fully saturated rings. The zero-order valence-corrected chi connectivity index (χ0v) is 7.14. The highest BCUT2D eigenvalue weighted by Crippen LogP contribution is 2.00. The summed E-state index contributed by atoms with van der Waals surface area (Å²) in [5.74, 6) is 0.649. The van der Waals surface area contributed by atoms with E-state index in [0.717, 1.165) is 0 Å². The van der Waals surface area contributed by atoms with E-state index in [-0.39, 0.29) is 12.7 Å². The summed E-state index contributed by atoms with van der Waals surface area (Å²) in [6, 6.07) is 0. The van der Waals surface area contributed by atoms with Crippen LogP contribution >= 0.6 is 0 Å². The van der Waals surface area contributed by atoms with Crippen molar-refractivity contribution >= 4 is 0 Å². The van der Waals surface area contributed by atoms with Gasteiger partial charge >= 0.3 is 0 Å². The zero-order valence-electron chi connectivity index (χ0n) is 7.14. The van der Waals surface area contributed by atoms with E-state index in [1.165, 1.54) is 0 Å². The predicted molar refractivity (Wildman–Crippen MR) is 44.4 cm³/mol. The summed E-state index contributed by atoms with van der Waals surface area (Å²) >= 11 is 0. The third-order valence-electron chi connectivity index (χ3n) is 1.73.